The molecule has 0 unspecified atom stereocenters. The molecule has 1 aromatic carbocycles. The monoisotopic (exact) mass is 328 g/mol. The Balaban J connectivity index is 2.01. The van der Waals surface area contributed by atoms with Crippen molar-refractivity contribution in [2.24, 2.45) is 0 Å². The molecule has 0 aliphatic carbocycles. The zero-order chi connectivity index (χ0) is 16.6. The van der Waals surface area contributed by atoms with Gasteiger partial charge in [-0.3, -0.25) is 15.1 Å². The average Bonchev–Trinajstić information content (AvgIpc) is 2.74. The molecule has 0 aliphatic heterocycles. The summed E-state index contributed by atoms with van der Waals surface area (Å²) in [5.74, 6) is 0. The fourth-order valence-electron chi connectivity index (χ4n) is 2.84. The van der Waals surface area contributed by atoms with Gasteiger partial charge < -0.3 is 4.90 Å². The maximum atomic E-state index is 6.06. The van der Waals surface area contributed by atoms with Crippen LogP contribution in [0.15, 0.2) is 36.5 Å². The summed E-state index contributed by atoms with van der Waals surface area (Å²) in [6, 6.07) is 9.99. The molecule has 0 spiro atoms. The molecule has 1 N–H and O–H groups in total. The second-order valence-electron chi connectivity index (χ2n) is 6.10. The molecule has 0 aliphatic rings. The lowest BCUT2D eigenvalue weighted by molar-refractivity contribution is 0.401. The summed E-state index contributed by atoms with van der Waals surface area (Å²) in [6.45, 7) is 5.17. The standard InChI is InChI=1S/C18H21ClN4/c1-12-9-14(11-22(3)4)13(2)23(12)21-17-7-8-20-18-10-15(19)5-6-16(17)18/h5-10H,11H2,1-4H3,(H,20,21). The summed E-state index contributed by atoms with van der Waals surface area (Å²) in [5, 5.41) is 1.75. The van der Waals surface area contributed by atoms with Crippen LogP contribution < -0.4 is 5.43 Å². The van der Waals surface area contributed by atoms with Crippen LogP contribution in [0.3, 0.4) is 0 Å². The number of rotatable bonds is 4. The lowest BCUT2D eigenvalue weighted by Crippen LogP contribution is -2.15. The largest absolute Gasteiger partial charge is 0.305 e. The van der Waals surface area contributed by atoms with Crippen molar-refractivity contribution in [1.82, 2.24) is 14.6 Å². The van der Waals surface area contributed by atoms with Crippen molar-refractivity contribution >= 4 is 28.2 Å². The third-order valence-electron chi connectivity index (χ3n) is 3.96. The summed E-state index contributed by atoms with van der Waals surface area (Å²) < 4.78 is 2.13. The summed E-state index contributed by atoms with van der Waals surface area (Å²) in [6.07, 6.45) is 1.80. The van der Waals surface area contributed by atoms with Gasteiger partial charge in [-0.15, -0.1) is 0 Å². The van der Waals surface area contributed by atoms with Crippen LogP contribution in [0, 0.1) is 13.8 Å². The normalized spacial score (nSPS) is 11.4. The minimum absolute atomic E-state index is 0.698. The highest BCUT2D eigenvalue weighted by Crippen LogP contribution is 2.26. The van der Waals surface area contributed by atoms with E-state index in [-0.39, 0.29) is 0 Å². The molecule has 3 rings (SSSR count). The van der Waals surface area contributed by atoms with E-state index in [1.54, 1.807) is 6.20 Å². The lowest BCUT2D eigenvalue weighted by Gasteiger charge is -2.15. The number of pyridine rings is 1. The van der Waals surface area contributed by atoms with Crippen LogP contribution in [0.4, 0.5) is 5.69 Å². The van der Waals surface area contributed by atoms with Crippen LogP contribution in [0.25, 0.3) is 10.9 Å². The molecule has 0 bridgehead atoms. The Morgan fingerprint density at radius 1 is 1.17 bits per heavy atom. The maximum absolute atomic E-state index is 6.06. The molecule has 23 heavy (non-hydrogen) atoms. The molecule has 2 aromatic heterocycles. The number of halogens is 1. The van der Waals surface area contributed by atoms with Gasteiger partial charge in [0.2, 0.25) is 0 Å². The van der Waals surface area contributed by atoms with Crippen LogP contribution in [-0.4, -0.2) is 28.7 Å². The Morgan fingerprint density at radius 3 is 2.70 bits per heavy atom. The molecule has 0 saturated heterocycles. The number of hydrogen-bond donors (Lipinski definition) is 1. The third kappa shape index (κ3) is 3.19. The molecule has 0 amide bonds. The first-order chi connectivity index (χ1) is 11.0. The van der Waals surface area contributed by atoms with Crippen molar-refractivity contribution in [3.63, 3.8) is 0 Å². The number of hydrogen-bond acceptors (Lipinski definition) is 3. The van der Waals surface area contributed by atoms with Gasteiger partial charge in [-0.1, -0.05) is 11.6 Å². The molecule has 0 saturated carbocycles. The molecular weight excluding hydrogens is 308 g/mol. The van der Waals surface area contributed by atoms with Gasteiger partial charge in [0.15, 0.2) is 0 Å². The Hall–Kier alpha value is -2.04. The molecule has 2 heterocycles. The van der Waals surface area contributed by atoms with E-state index in [2.05, 4.69) is 54.0 Å². The topological polar surface area (TPSA) is 33.1 Å². The van der Waals surface area contributed by atoms with E-state index in [0.717, 1.165) is 23.1 Å². The minimum atomic E-state index is 0.698. The van der Waals surface area contributed by atoms with Gasteiger partial charge in [-0.05, 0) is 63.8 Å². The molecule has 0 radical (unpaired) electrons. The van der Waals surface area contributed by atoms with Crippen LogP contribution in [0.2, 0.25) is 5.02 Å². The number of nitrogens with zero attached hydrogens (tertiary/aromatic N) is 3. The molecule has 0 fully saturated rings. The molecule has 120 valence electrons. The maximum Gasteiger partial charge on any atom is 0.0738 e. The zero-order valence-corrected chi connectivity index (χ0v) is 14.6. The van der Waals surface area contributed by atoms with Crippen molar-refractivity contribution in [2.75, 3.05) is 19.5 Å². The smallest absolute Gasteiger partial charge is 0.0738 e. The molecule has 3 aromatic rings. The first-order valence-electron chi connectivity index (χ1n) is 7.59. The Bertz CT molecular complexity index is 852. The van der Waals surface area contributed by atoms with E-state index < -0.39 is 0 Å². The second kappa shape index (κ2) is 6.22. The Kier molecular flexibility index (Phi) is 4.28. The van der Waals surface area contributed by atoms with Gasteiger partial charge in [-0.25, -0.2) is 0 Å². The number of anilines is 1. The summed E-state index contributed by atoms with van der Waals surface area (Å²) >= 11 is 6.06. The fourth-order valence-corrected chi connectivity index (χ4v) is 3.01. The summed E-state index contributed by atoms with van der Waals surface area (Å²) in [5.41, 5.74) is 9.13. The van der Waals surface area contributed by atoms with Crippen LogP contribution in [0.5, 0.6) is 0 Å². The second-order valence-corrected chi connectivity index (χ2v) is 6.54. The average molecular weight is 329 g/mol. The highest BCUT2D eigenvalue weighted by atomic mass is 35.5. The van der Waals surface area contributed by atoms with Gasteiger partial charge in [0, 0.05) is 34.5 Å². The first kappa shape index (κ1) is 15.8. The number of fused-ring (bicyclic) bond motifs is 1. The van der Waals surface area contributed by atoms with Crippen molar-refractivity contribution in [3.8, 4) is 0 Å². The van der Waals surface area contributed by atoms with Gasteiger partial charge >= 0.3 is 0 Å². The number of aryl methyl sites for hydroxylation is 1. The SMILES string of the molecule is Cc1cc(CN(C)C)c(C)n1Nc1ccnc2cc(Cl)ccc12. The van der Waals surface area contributed by atoms with Crippen LogP contribution in [0.1, 0.15) is 17.0 Å². The third-order valence-corrected chi connectivity index (χ3v) is 4.19. The quantitative estimate of drug-likeness (QED) is 0.777. The minimum Gasteiger partial charge on any atom is -0.305 e. The van der Waals surface area contributed by atoms with Crippen molar-refractivity contribution in [1.29, 1.82) is 0 Å². The molecular formula is C18H21ClN4. The van der Waals surface area contributed by atoms with E-state index in [4.69, 9.17) is 11.6 Å². The number of benzene rings is 1. The first-order valence-corrected chi connectivity index (χ1v) is 7.97. The fraction of sp³-hybridized carbons (Fsp3) is 0.278. The van der Waals surface area contributed by atoms with E-state index in [1.807, 2.05) is 24.3 Å². The number of aromatic nitrogens is 2. The predicted molar refractivity (Wildman–Crippen MR) is 97.1 cm³/mol. The van der Waals surface area contributed by atoms with Gasteiger partial charge in [-0.2, -0.15) is 0 Å². The Morgan fingerprint density at radius 2 is 1.96 bits per heavy atom. The zero-order valence-electron chi connectivity index (χ0n) is 13.9. The summed E-state index contributed by atoms with van der Waals surface area (Å²) in [4.78, 5) is 6.57. The van der Waals surface area contributed by atoms with Gasteiger partial charge in [0.1, 0.15) is 0 Å². The van der Waals surface area contributed by atoms with Gasteiger partial charge in [0.05, 0.1) is 11.2 Å². The number of nitrogens with one attached hydrogen (secondary N) is 1. The highest BCUT2D eigenvalue weighted by Gasteiger charge is 2.11. The van der Waals surface area contributed by atoms with E-state index in [1.165, 1.54) is 17.0 Å². The lowest BCUT2D eigenvalue weighted by atomic mass is 10.2. The Labute approximate surface area is 141 Å². The van der Waals surface area contributed by atoms with Crippen molar-refractivity contribution < 1.29 is 0 Å². The highest BCUT2D eigenvalue weighted by molar-refractivity contribution is 6.31. The van der Waals surface area contributed by atoms with Gasteiger partial charge in [0.25, 0.3) is 0 Å². The van der Waals surface area contributed by atoms with Crippen LogP contribution in [-0.2, 0) is 6.54 Å². The predicted octanol–water partition coefficient (Wildman–Crippen LogP) is 4.24. The van der Waals surface area contributed by atoms with Crippen LogP contribution >= 0.6 is 11.6 Å². The molecule has 5 heteroatoms. The van der Waals surface area contributed by atoms with Crippen molar-refractivity contribution in [2.45, 2.75) is 20.4 Å². The summed E-state index contributed by atoms with van der Waals surface area (Å²) in [7, 11) is 4.17. The van der Waals surface area contributed by atoms with E-state index >= 15 is 0 Å². The van der Waals surface area contributed by atoms with E-state index in [0.29, 0.717) is 5.02 Å². The molecule has 0 atom stereocenters. The van der Waals surface area contributed by atoms with Crippen molar-refractivity contribution in [3.05, 3.63) is 58.5 Å². The molecule has 4 nitrogen and oxygen atoms in total. The van der Waals surface area contributed by atoms with E-state index in [9.17, 15) is 0 Å².